The predicted molar refractivity (Wildman–Crippen MR) is 88.0 cm³/mol. The number of hydrogen-bond acceptors (Lipinski definition) is 3. The second-order valence-electron chi connectivity index (χ2n) is 5.28. The summed E-state index contributed by atoms with van der Waals surface area (Å²) in [5.41, 5.74) is 5.05. The second kappa shape index (κ2) is 6.35. The Bertz CT molecular complexity index is 676. The zero-order chi connectivity index (χ0) is 15.6. The van der Waals surface area contributed by atoms with E-state index < -0.39 is 0 Å². The molecule has 1 aromatic heterocycles. The molecule has 0 spiro atoms. The largest absolute Gasteiger partial charge is 0.322 e. The van der Waals surface area contributed by atoms with Crippen molar-refractivity contribution in [2.75, 3.05) is 11.1 Å². The maximum Gasteiger partial charge on any atom is 0.234 e. The number of aromatic nitrogens is 2. The van der Waals surface area contributed by atoms with Crippen molar-refractivity contribution in [2.24, 2.45) is 7.05 Å². The van der Waals surface area contributed by atoms with Gasteiger partial charge in [-0.2, -0.15) is 5.10 Å². The Morgan fingerprint density at radius 1 is 1.29 bits per heavy atom. The van der Waals surface area contributed by atoms with Gasteiger partial charge in [-0.25, -0.2) is 0 Å². The zero-order valence-electron chi connectivity index (χ0n) is 13.2. The molecule has 1 amide bonds. The summed E-state index contributed by atoms with van der Waals surface area (Å²) in [4.78, 5) is 13.3. The van der Waals surface area contributed by atoms with Crippen molar-refractivity contribution in [3.05, 3.63) is 40.7 Å². The average molecular weight is 303 g/mol. The van der Waals surface area contributed by atoms with E-state index in [0.717, 1.165) is 22.0 Å². The fourth-order valence-corrected chi connectivity index (χ4v) is 3.06. The third-order valence-corrected chi connectivity index (χ3v) is 4.63. The Morgan fingerprint density at radius 2 is 2.00 bits per heavy atom. The van der Waals surface area contributed by atoms with Crippen molar-refractivity contribution in [2.45, 2.75) is 32.6 Å². The summed E-state index contributed by atoms with van der Waals surface area (Å²) in [6.45, 7) is 7.98. The Kier molecular flexibility index (Phi) is 4.73. The molecule has 0 aliphatic rings. The zero-order valence-corrected chi connectivity index (χ0v) is 14.0. The minimum absolute atomic E-state index is 0.0000983. The third-order valence-electron chi connectivity index (χ3n) is 3.48. The van der Waals surface area contributed by atoms with Crippen LogP contribution in [0.3, 0.4) is 0 Å². The molecule has 5 heteroatoms. The van der Waals surface area contributed by atoms with Crippen molar-refractivity contribution >= 4 is 23.4 Å². The first-order valence-electron chi connectivity index (χ1n) is 6.88. The monoisotopic (exact) mass is 303 g/mol. The highest BCUT2D eigenvalue weighted by Gasteiger charge is 2.13. The number of nitrogens with zero attached hydrogens (tertiary/aromatic N) is 2. The van der Waals surface area contributed by atoms with Crippen molar-refractivity contribution in [3.63, 3.8) is 0 Å². The number of hydrogen-bond donors (Lipinski definition) is 1. The molecule has 4 nitrogen and oxygen atoms in total. The molecule has 112 valence electrons. The number of thioether (sulfide) groups is 1. The average Bonchev–Trinajstić information content (AvgIpc) is 2.66. The van der Waals surface area contributed by atoms with E-state index in [9.17, 15) is 4.79 Å². The van der Waals surface area contributed by atoms with Crippen molar-refractivity contribution in [3.8, 4) is 0 Å². The van der Waals surface area contributed by atoms with Gasteiger partial charge < -0.3 is 5.32 Å². The molecule has 2 aromatic rings. The van der Waals surface area contributed by atoms with Gasteiger partial charge in [-0.15, -0.1) is 11.8 Å². The number of nitrogens with one attached hydrogen (secondary N) is 1. The van der Waals surface area contributed by atoms with Crippen molar-refractivity contribution < 1.29 is 4.79 Å². The van der Waals surface area contributed by atoms with E-state index in [2.05, 4.69) is 42.5 Å². The minimum Gasteiger partial charge on any atom is -0.322 e. The van der Waals surface area contributed by atoms with Gasteiger partial charge in [-0.3, -0.25) is 9.48 Å². The molecule has 0 fully saturated rings. The Hall–Kier alpha value is -1.75. The Morgan fingerprint density at radius 3 is 2.62 bits per heavy atom. The maximum atomic E-state index is 12.1. The fourth-order valence-electron chi connectivity index (χ4n) is 2.14. The lowest BCUT2D eigenvalue weighted by molar-refractivity contribution is -0.113. The summed E-state index contributed by atoms with van der Waals surface area (Å²) in [5, 5.41) is 7.26. The first-order chi connectivity index (χ1) is 9.88. The van der Waals surface area contributed by atoms with Crippen LogP contribution < -0.4 is 5.32 Å². The second-order valence-corrected chi connectivity index (χ2v) is 6.29. The molecule has 1 heterocycles. The predicted octanol–water partition coefficient (Wildman–Crippen LogP) is 3.38. The van der Waals surface area contributed by atoms with E-state index in [-0.39, 0.29) is 5.91 Å². The van der Waals surface area contributed by atoms with Crippen LogP contribution in [-0.4, -0.2) is 21.4 Å². The first kappa shape index (κ1) is 15.6. The number of anilines is 1. The molecule has 0 unspecified atom stereocenters. The highest BCUT2D eigenvalue weighted by atomic mass is 32.2. The van der Waals surface area contributed by atoms with Crippen LogP contribution in [0.25, 0.3) is 0 Å². The maximum absolute atomic E-state index is 12.1. The number of carbonyl (C=O) groups is 1. The Balaban J connectivity index is 2.01. The Labute approximate surface area is 129 Å². The molecule has 0 saturated carbocycles. The molecule has 0 atom stereocenters. The van der Waals surface area contributed by atoms with Gasteiger partial charge in [0, 0.05) is 11.9 Å². The standard InChI is InChI=1S/C16H21N3OS/c1-10-6-7-11(2)14(8-10)21-9-15(20)17-16-12(3)18-19(5)13(16)4/h6-8H,9H2,1-5H3,(H,17,20). The van der Waals surface area contributed by atoms with Crippen LogP contribution in [0.1, 0.15) is 22.5 Å². The quantitative estimate of drug-likeness (QED) is 0.881. The van der Waals surface area contributed by atoms with Crippen LogP contribution in [0.4, 0.5) is 5.69 Å². The number of carbonyl (C=O) groups excluding carboxylic acids is 1. The molecule has 1 aromatic carbocycles. The van der Waals surface area contributed by atoms with Gasteiger partial charge in [0.1, 0.15) is 0 Å². The van der Waals surface area contributed by atoms with Gasteiger partial charge in [-0.1, -0.05) is 17.7 Å². The summed E-state index contributed by atoms with van der Waals surface area (Å²) in [7, 11) is 1.88. The van der Waals surface area contributed by atoms with Crippen LogP contribution in [0.5, 0.6) is 0 Å². The molecule has 1 N–H and O–H groups in total. The van der Waals surface area contributed by atoms with E-state index in [0.29, 0.717) is 5.75 Å². The van der Waals surface area contributed by atoms with Crippen molar-refractivity contribution in [1.82, 2.24) is 9.78 Å². The molecule has 0 saturated heterocycles. The summed E-state index contributed by atoms with van der Waals surface area (Å²) in [6.07, 6.45) is 0. The normalized spacial score (nSPS) is 10.7. The summed E-state index contributed by atoms with van der Waals surface area (Å²) in [5.74, 6) is 0.401. The molecular weight excluding hydrogens is 282 g/mol. The van der Waals surface area contributed by atoms with Gasteiger partial charge in [0.15, 0.2) is 0 Å². The minimum atomic E-state index is 0.0000983. The van der Waals surface area contributed by atoms with Crippen LogP contribution in [0.15, 0.2) is 23.1 Å². The third kappa shape index (κ3) is 3.67. The highest BCUT2D eigenvalue weighted by Crippen LogP contribution is 2.24. The van der Waals surface area contributed by atoms with E-state index >= 15 is 0 Å². The van der Waals surface area contributed by atoms with Gasteiger partial charge in [-0.05, 0) is 39.3 Å². The van der Waals surface area contributed by atoms with Crippen molar-refractivity contribution in [1.29, 1.82) is 0 Å². The van der Waals surface area contributed by atoms with E-state index in [1.54, 1.807) is 16.4 Å². The summed E-state index contributed by atoms with van der Waals surface area (Å²) < 4.78 is 1.78. The van der Waals surface area contributed by atoms with Gasteiger partial charge in [0.05, 0.1) is 22.8 Å². The molecule has 0 bridgehead atoms. The van der Waals surface area contributed by atoms with E-state index in [1.807, 2.05) is 20.9 Å². The molecule has 21 heavy (non-hydrogen) atoms. The lowest BCUT2D eigenvalue weighted by Crippen LogP contribution is -2.15. The van der Waals surface area contributed by atoms with Gasteiger partial charge >= 0.3 is 0 Å². The molecular formula is C16H21N3OS. The fraction of sp³-hybridized carbons (Fsp3) is 0.375. The molecule has 0 radical (unpaired) electrons. The lowest BCUT2D eigenvalue weighted by Gasteiger charge is -2.08. The lowest BCUT2D eigenvalue weighted by atomic mass is 10.2. The number of rotatable bonds is 4. The van der Waals surface area contributed by atoms with Crippen LogP contribution in [-0.2, 0) is 11.8 Å². The van der Waals surface area contributed by atoms with Crippen LogP contribution >= 0.6 is 11.8 Å². The number of aryl methyl sites for hydroxylation is 4. The molecule has 2 rings (SSSR count). The summed E-state index contributed by atoms with van der Waals surface area (Å²) in [6, 6.07) is 6.29. The van der Waals surface area contributed by atoms with Crippen LogP contribution in [0.2, 0.25) is 0 Å². The van der Waals surface area contributed by atoms with Gasteiger partial charge in [0.25, 0.3) is 0 Å². The smallest absolute Gasteiger partial charge is 0.234 e. The molecule has 0 aliphatic carbocycles. The molecule has 0 aliphatic heterocycles. The number of benzene rings is 1. The topological polar surface area (TPSA) is 46.9 Å². The SMILES string of the molecule is Cc1ccc(C)c(SCC(=O)Nc2c(C)nn(C)c2C)c1. The van der Waals surface area contributed by atoms with Crippen LogP contribution in [0, 0.1) is 27.7 Å². The van der Waals surface area contributed by atoms with Gasteiger partial charge in [0.2, 0.25) is 5.91 Å². The number of amides is 1. The summed E-state index contributed by atoms with van der Waals surface area (Å²) >= 11 is 1.57. The van der Waals surface area contributed by atoms with E-state index in [1.165, 1.54) is 11.1 Å². The van der Waals surface area contributed by atoms with E-state index in [4.69, 9.17) is 0 Å². The first-order valence-corrected chi connectivity index (χ1v) is 7.87. The highest BCUT2D eigenvalue weighted by molar-refractivity contribution is 8.00.